The molecule has 3 aromatic heterocycles. The van der Waals surface area contributed by atoms with Crippen molar-refractivity contribution in [3.63, 3.8) is 0 Å². The Hall–Kier alpha value is -3.61. The zero-order chi connectivity index (χ0) is 21.4. The Balaban J connectivity index is 1.61. The molecule has 0 saturated carbocycles. The summed E-state index contributed by atoms with van der Waals surface area (Å²) < 4.78 is 9.16. The maximum Gasteiger partial charge on any atom is 0.257 e. The number of nitrogens with one attached hydrogen (secondary N) is 1. The van der Waals surface area contributed by atoms with Crippen LogP contribution in [0.4, 0.5) is 5.69 Å². The molecule has 3 heterocycles. The molecule has 0 aliphatic carbocycles. The molecule has 0 saturated heterocycles. The highest BCUT2D eigenvalue weighted by atomic mass is 16.5. The molecular formula is C23H25N5O2. The third kappa shape index (κ3) is 3.43. The Morgan fingerprint density at radius 3 is 2.50 bits per heavy atom. The number of aryl methyl sites for hydroxylation is 1. The van der Waals surface area contributed by atoms with Gasteiger partial charge >= 0.3 is 0 Å². The van der Waals surface area contributed by atoms with Gasteiger partial charge < -0.3 is 14.6 Å². The van der Waals surface area contributed by atoms with E-state index in [0.717, 1.165) is 33.9 Å². The molecule has 0 aliphatic heterocycles. The molecule has 0 unspecified atom stereocenters. The number of ether oxygens (including phenoxy) is 1. The quantitative estimate of drug-likeness (QED) is 0.525. The van der Waals surface area contributed by atoms with E-state index < -0.39 is 0 Å². The maximum atomic E-state index is 13.0. The van der Waals surface area contributed by atoms with Crippen LogP contribution < -0.4 is 10.1 Å². The number of carbonyl (C=O) groups excluding carboxylic acids is 1. The first kappa shape index (κ1) is 19.7. The molecule has 4 rings (SSSR count). The topological polar surface area (TPSA) is 74.0 Å². The molecule has 1 aromatic carbocycles. The normalized spacial score (nSPS) is 11.3. The van der Waals surface area contributed by atoms with Gasteiger partial charge in [-0.1, -0.05) is 0 Å². The molecule has 0 radical (unpaired) electrons. The first-order chi connectivity index (χ1) is 14.4. The summed E-state index contributed by atoms with van der Waals surface area (Å²) in [6, 6.07) is 11.8. The van der Waals surface area contributed by atoms with E-state index in [1.807, 2.05) is 54.9 Å². The highest BCUT2D eigenvalue weighted by Crippen LogP contribution is 2.24. The van der Waals surface area contributed by atoms with E-state index in [-0.39, 0.29) is 11.9 Å². The van der Waals surface area contributed by atoms with Crippen LogP contribution in [0, 0.1) is 13.8 Å². The fourth-order valence-electron chi connectivity index (χ4n) is 3.71. The van der Waals surface area contributed by atoms with Gasteiger partial charge in [0.2, 0.25) is 0 Å². The first-order valence-electron chi connectivity index (χ1n) is 9.87. The molecule has 30 heavy (non-hydrogen) atoms. The maximum absolute atomic E-state index is 13.0. The van der Waals surface area contributed by atoms with Crippen molar-refractivity contribution in [1.82, 2.24) is 19.3 Å². The predicted molar refractivity (Wildman–Crippen MR) is 118 cm³/mol. The number of pyridine rings is 1. The summed E-state index contributed by atoms with van der Waals surface area (Å²) in [6.45, 7) is 8.05. The molecule has 1 amide bonds. The number of carbonyl (C=O) groups is 1. The molecule has 7 heteroatoms. The minimum Gasteiger partial charge on any atom is -0.497 e. The highest BCUT2D eigenvalue weighted by Gasteiger charge is 2.17. The number of rotatable bonds is 5. The second-order valence-electron chi connectivity index (χ2n) is 7.59. The van der Waals surface area contributed by atoms with Crippen molar-refractivity contribution >= 4 is 22.6 Å². The van der Waals surface area contributed by atoms with Gasteiger partial charge in [0, 0.05) is 28.5 Å². The summed E-state index contributed by atoms with van der Waals surface area (Å²) in [4.78, 5) is 17.5. The van der Waals surface area contributed by atoms with Crippen molar-refractivity contribution in [2.24, 2.45) is 0 Å². The zero-order valence-corrected chi connectivity index (χ0v) is 17.8. The van der Waals surface area contributed by atoms with E-state index in [1.54, 1.807) is 19.5 Å². The Kier molecular flexibility index (Phi) is 5.03. The second kappa shape index (κ2) is 7.67. The van der Waals surface area contributed by atoms with Gasteiger partial charge in [0.1, 0.15) is 5.75 Å². The standard InChI is InChI=1S/C23H25N5O2/c1-14(2)28-22-17(12-25-28)11-18(13-24-22)26-23(29)21-10-15(3)27(16(21)4)19-6-8-20(30-5)9-7-19/h6-14H,1-5H3,(H,26,29). The molecule has 0 atom stereocenters. The largest absolute Gasteiger partial charge is 0.497 e. The van der Waals surface area contributed by atoms with Crippen LogP contribution in [0.2, 0.25) is 0 Å². The summed E-state index contributed by atoms with van der Waals surface area (Å²) in [5.41, 5.74) is 4.91. The van der Waals surface area contributed by atoms with Crippen LogP contribution in [0.5, 0.6) is 5.75 Å². The van der Waals surface area contributed by atoms with Crippen LogP contribution in [0.25, 0.3) is 16.7 Å². The van der Waals surface area contributed by atoms with Crippen LogP contribution >= 0.6 is 0 Å². The average molecular weight is 403 g/mol. The fraction of sp³-hybridized carbons (Fsp3) is 0.261. The number of aromatic nitrogens is 4. The van der Waals surface area contributed by atoms with Gasteiger partial charge in [-0.2, -0.15) is 5.10 Å². The van der Waals surface area contributed by atoms with Crippen LogP contribution in [0.1, 0.15) is 41.6 Å². The van der Waals surface area contributed by atoms with E-state index in [1.165, 1.54) is 0 Å². The summed E-state index contributed by atoms with van der Waals surface area (Å²) in [5, 5.41) is 8.24. The SMILES string of the molecule is COc1ccc(-n2c(C)cc(C(=O)Nc3cnc4c(cnn4C(C)C)c3)c2C)cc1. The zero-order valence-electron chi connectivity index (χ0n) is 17.8. The van der Waals surface area contributed by atoms with Crippen molar-refractivity contribution < 1.29 is 9.53 Å². The number of hydrogen-bond donors (Lipinski definition) is 1. The molecule has 1 N–H and O–H groups in total. The molecule has 4 aromatic rings. The van der Waals surface area contributed by atoms with Crippen molar-refractivity contribution in [3.8, 4) is 11.4 Å². The van der Waals surface area contributed by atoms with Gasteiger partial charge in [-0.25, -0.2) is 9.67 Å². The smallest absolute Gasteiger partial charge is 0.257 e. The lowest BCUT2D eigenvalue weighted by atomic mass is 10.2. The third-order valence-corrected chi connectivity index (χ3v) is 5.19. The second-order valence-corrected chi connectivity index (χ2v) is 7.59. The van der Waals surface area contributed by atoms with E-state index in [2.05, 4.69) is 33.8 Å². The summed E-state index contributed by atoms with van der Waals surface area (Å²) >= 11 is 0. The third-order valence-electron chi connectivity index (χ3n) is 5.19. The van der Waals surface area contributed by atoms with E-state index in [9.17, 15) is 4.79 Å². The molecule has 154 valence electrons. The Labute approximate surface area is 175 Å². The van der Waals surface area contributed by atoms with E-state index >= 15 is 0 Å². The molecule has 7 nitrogen and oxygen atoms in total. The molecule has 0 aliphatic rings. The Morgan fingerprint density at radius 1 is 1.10 bits per heavy atom. The van der Waals surface area contributed by atoms with Gasteiger partial charge in [-0.15, -0.1) is 0 Å². The predicted octanol–water partition coefficient (Wildman–Crippen LogP) is 4.68. The minimum atomic E-state index is -0.166. The number of amides is 1. The van der Waals surface area contributed by atoms with Crippen LogP contribution in [-0.2, 0) is 0 Å². The molecule has 0 spiro atoms. The summed E-state index contributed by atoms with van der Waals surface area (Å²) in [6.07, 6.45) is 3.44. The van der Waals surface area contributed by atoms with Crippen molar-refractivity contribution in [2.45, 2.75) is 33.7 Å². The van der Waals surface area contributed by atoms with Gasteiger partial charge in [-0.05, 0) is 64.1 Å². The number of anilines is 1. The van der Waals surface area contributed by atoms with Gasteiger partial charge in [0.15, 0.2) is 5.65 Å². The van der Waals surface area contributed by atoms with Crippen molar-refractivity contribution in [2.75, 3.05) is 12.4 Å². The molecule has 0 fully saturated rings. The lowest BCUT2D eigenvalue weighted by Gasteiger charge is -2.11. The number of fused-ring (bicyclic) bond motifs is 1. The van der Waals surface area contributed by atoms with Crippen LogP contribution in [-0.4, -0.2) is 32.3 Å². The molecular weight excluding hydrogens is 378 g/mol. The van der Waals surface area contributed by atoms with Gasteiger partial charge in [0.05, 0.1) is 30.8 Å². The number of nitrogens with zero attached hydrogens (tertiary/aromatic N) is 4. The lowest BCUT2D eigenvalue weighted by molar-refractivity contribution is 0.102. The Morgan fingerprint density at radius 2 is 1.83 bits per heavy atom. The monoisotopic (exact) mass is 403 g/mol. The van der Waals surface area contributed by atoms with Crippen molar-refractivity contribution in [1.29, 1.82) is 0 Å². The number of hydrogen-bond acceptors (Lipinski definition) is 4. The Bertz CT molecular complexity index is 1220. The van der Waals surface area contributed by atoms with Gasteiger partial charge in [0.25, 0.3) is 5.91 Å². The van der Waals surface area contributed by atoms with E-state index in [0.29, 0.717) is 11.3 Å². The van der Waals surface area contributed by atoms with Gasteiger partial charge in [-0.3, -0.25) is 4.79 Å². The lowest BCUT2D eigenvalue weighted by Crippen LogP contribution is -2.13. The number of benzene rings is 1. The minimum absolute atomic E-state index is 0.166. The van der Waals surface area contributed by atoms with Crippen molar-refractivity contribution in [3.05, 3.63) is 65.7 Å². The first-order valence-corrected chi connectivity index (χ1v) is 9.87. The van der Waals surface area contributed by atoms with E-state index in [4.69, 9.17) is 4.74 Å². The number of methoxy groups -OCH3 is 1. The average Bonchev–Trinajstić information content (AvgIpc) is 3.28. The summed E-state index contributed by atoms with van der Waals surface area (Å²) in [7, 11) is 1.64. The summed E-state index contributed by atoms with van der Waals surface area (Å²) in [5.74, 6) is 0.628. The van der Waals surface area contributed by atoms with Crippen LogP contribution in [0.3, 0.4) is 0 Å². The fourth-order valence-corrected chi connectivity index (χ4v) is 3.71. The highest BCUT2D eigenvalue weighted by molar-refractivity contribution is 6.06. The van der Waals surface area contributed by atoms with Crippen LogP contribution in [0.15, 0.2) is 48.8 Å². The molecule has 0 bridgehead atoms.